The van der Waals surface area contributed by atoms with Gasteiger partial charge in [-0.15, -0.1) is 0 Å². The van der Waals surface area contributed by atoms with Crippen molar-refractivity contribution in [3.05, 3.63) is 35.4 Å². The zero-order valence-electron chi connectivity index (χ0n) is 11.3. The number of hydrogen-bond acceptors (Lipinski definition) is 2. The number of piperidine rings is 1. The minimum atomic E-state index is -0.537. The zero-order valence-corrected chi connectivity index (χ0v) is 11.3. The van der Waals surface area contributed by atoms with Crippen LogP contribution < -0.4 is 0 Å². The molecule has 1 N–H and O–H groups in total. The van der Waals surface area contributed by atoms with Gasteiger partial charge in [0.1, 0.15) is 11.6 Å². The number of hydrogen-bond donors (Lipinski definition) is 1. The smallest absolute Gasteiger partial charge is 0.130 e. The van der Waals surface area contributed by atoms with Gasteiger partial charge in [0.05, 0.1) is 0 Å². The summed E-state index contributed by atoms with van der Waals surface area (Å²) in [5, 5.41) is 9.47. The Hall–Kier alpha value is -1.00. The maximum Gasteiger partial charge on any atom is 0.130 e. The first-order valence-electron chi connectivity index (χ1n) is 6.86. The maximum absolute atomic E-state index is 13.6. The van der Waals surface area contributed by atoms with Crippen LogP contribution >= 0.6 is 0 Å². The molecule has 2 nitrogen and oxygen atoms in total. The highest BCUT2D eigenvalue weighted by molar-refractivity contribution is 5.18. The van der Waals surface area contributed by atoms with Gasteiger partial charge in [0, 0.05) is 24.8 Å². The molecule has 1 saturated heterocycles. The second kappa shape index (κ2) is 5.97. The first-order valence-corrected chi connectivity index (χ1v) is 6.86. The van der Waals surface area contributed by atoms with Crippen LogP contribution in [0.3, 0.4) is 0 Å². The summed E-state index contributed by atoms with van der Waals surface area (Å²) in [6, 6.07) is 3.74. The number of rotatable bonds is 4. The predicted molar refractivity (Wildman–Crippen MR) is 70.7 cm³/mol. The lowest BCUT2D eigenvalue weighted by Gasteiger charge is -2.40. The molecule has 0 bridgehead atoms. The third-order valence-corrected chi connectivity index (χ3v) is 4.41. The van der Waals surface area contributed by atoms with Crippen molar-refractivity contribution in [2.75, 3.05) is 19.7 Å². The summed E-state index contributed by atoms with van der Waals surface area (Å²) in [6.45, 7) is 4.54. The Bertz CT molecular complexity index is 422. The van der Waals surface area contributed by atoms with Gasteiger partial charge in [0.25, 0.3) is 0 Å². The number of likely N-dealkylation sites (tertiary alicyclic amines) is 1. The Morgan fingerprint density at radius 1 is 1.26 bits per heavy atom. The summed E-state index contributed by atoms with van der Waals surface area (Å²) in [7, 11) is 0. The molecule has 1 aromatic carbocycles. The summed E-state index contributed by atoms with van der Waals surface area (Å²) in [5.41, 5.74) is 0.576. The van der Waals surface area contributed by atoms with Crippen LogP contribution in [0.2, 0.25) is 0 Å². The van der Waals surface area contributed by atoms with E-state index in [1.807, 2.05) is 0 Å². The van der Waals surface area contributed by atoms with Crippen molar-refractivity contribution >= 4 is 0 Å². The molecule has 0 amide bonds. The van der Waals surface area contributed by atoms with Crippen LogP contribution in [-0.2, 0) is 6.54 Å². The summed E-state index contributed by atoms with van der Waals surface area (Å²) >= 11 is 0. The molecule has 1 aromatic rings. The van der Waals surface area contributed by atoms with Gasteiger partial charge < -0.3 is 5.11 Å². The van der Waals surface area contributed by atoms with Crippen molar-refractivity contribution in [1.82, 2.24) is 4.90 Å². The Kier molecular flexibility index (Phi) is 4.53. The fourth-order valence-electron chi connectivity index (χ4n) is 2.70. The molecule has 0 spiro atoms. The summed E-state index contributed by atoms with van der Waals surface area (Å²) < 4.78 is 26.4. The highest BCUT2D eigenvalue weighted by atomic mass is 19.1. The number of benzene rings is 1. The first kappa shape index (κ1) is 14.4. The highest BCUT2D eigenvalue weighted by Gasteiger charge is 2.32. The average molecular weight is 269 g/mol. The number of aliphatic hydroxyl groups excluding tert-OH is 1. The van der Waals surface area contributed by atoms with Crippen molar-refractivity contribution in [1.29, 1.82) is 0 Å². The average Bonchev–Trinajstić information content (AvgIpc) is 2.43. The topological polar surface area (TPSA) is 23.5 Å². The van der Waals surface area contributed by atoms with Gasteiger partial charge in [-0.25, -0.2) is 8.78 Å². The molecule has 19 heavy (non-hydrogen) atoms. The van der Waals surface area contributed by atoms with Crippen LogP contribution in [-0.4, -0.2) is 29.7 Å². The molecular weight excluding hydrogens is 248 g/mol. The number of nitrogens with zero attached hydrogens (tertiary/aromatic N) is 1. The van der Waals surface area contributed by atoms with Gasteiger partial charge in [-0.3, -0.25) is 4.90 Å². The van der Waals surface area contributed by atoms with E-state index in [9.17, 15) is 13.9 Å². The van der Waals surface area contributed by atoms with Crippen LogP contribution in [0.25, 0.3) is 0 Å². The van der Waals surface area contributed by atoms with Crippen LogP contribution in [0.4, 0.5) is 8.78 Å². The molecule has 1 fully saturated rings. The van der Waals surface area contributed by atoms with E-state index in [1.54, 1.807) is 0 Å². The zero-order chi connectivity index (χ0) is 13.9. The van der Waals surface area contributed by atoms with E-state index in [0.717, 1.165) is 38.4 Å². The van der Waals surface area contributed by atoms with Gasteiger partial charge in [-0.05, 0) is 43.8 Å². The Balaban J connectivity index is 1.95. The largest absolute Gasteiger partial charge is 0.396 e. The predicted octanol–water partition coefficient (Wildman–Crippen LogP) is 2.95. The first-order chi connectivity index (χ1) is 9.08. The van der Waals surface area contributed by atoms with E-state index in [1.165, 1.54) is 12.1 Å². The third-order valence-electron chi connectivity index (χ3n) is 4.41. The lowest BCUT2D eigenvalue weighted by atomic mass is 9.77. The van der Waals surface area contributed by atoms with E-state index in [2.05, 4.69) is 11.8 Å². The lowest BCUT2D eigenvalue weighted by Crippen LogP contribution is -2.41. The van der Waals surface area contributed by atoms with Crippen LogP contribution in [0.5, 0.6) is 0 Å². The van der Waals surface area contributed by atoms with Crippen LogP contribution in [0, 0.1) is 17.0 Å². The van der Waals surface area contributed by atoms with E-state index in [0.29, 0.717) is 12.1 Å². The van der Waals surface area contributed by atoms with Gasteiger partial charge in [-0.2, -0.15) is 0 Å². The highest BCUT2D eigenvalue weighted by Crippen LogP contribution is 2.34. The van der Waals surface area contributed by atoms with Gasteiger partial charge in [0.15, 0.2) is 0 Å². The minimum absolute atomic E-state index is 0.0395. The summed E-state index contributed by atoms with van der Waals surface area (Å²) in [5.74, 6) is -1.01. The maximum atomic E-state index is 13.6. The second-order valence-corrected chi connectivity index (χ2v) is 5.52. The minimum Gasteiger partial charge on any atom is -0.396 e. The molecule has 0 aliphatic carbocycles. The normalized spacial score (nSPS) is 19.6. The quantitative estimate of drug-likeness (QED) is 0.908. The second-order valence-electron chi connectivity index (χ2n) is 5.52. The monoisotopic (exact) mass is 269 g/mol. The van der Waals surface area contributed by atoms with E-state index < -0.39 is 11.6 Å². The molecule has 0 radical (unpaired) electrons. The van der Waals surface area contributed by atoms with Crippen molar-refractivity contribution in [2.45, 2.75) is 32.7 Å². The fourth-order valence-corrected chi connectivity index (χ4v) is 2.70. The molecule has 0 saturated carbocycles. The van der Waals surface area contributed by atoms with Crippen molar-refractivity contribution in [3.63, 3.8) is 0 Å². The van der Waals surface area contributed by atoms with Crippen LogP contribution in [0.1, 0.15) is 31.7 Å². The molecule has 2 rings (SSSR count). The van der Waals surface area contributed by atoms with E-state index in [-0.39, 0.29) is 12.0 Å². The lowest BCUT2D eigenvalue weighted by molar-refractivity contribution is 0.0379. The standard InChI is InChI=1S/C15H21F2NO/c1-2-15(11-19)5-7-18(8-6-15)10-12-3-4-13(16)9-14(12)17/h3-4,9,19H,2,5-8,10-11H2,1H3. The van der Waals surface area contributed by atoms with Crippen LogP contribution in [0.15, 0.2) is 18.2 Å². The van der Waals surface area contributed by atoms with Crippen molar-refractivity contribution in [3.8, 4) is 0 Å². The third kappa shape index (κ3) is 3.31. The summed E-state index contributed by atoms with van der Waals surface area (Å²) in [6.07, 6.45) is 2.84. The van der Waals surface area contributed by atoms with Gasteiger partial charge in [-0.1, -0.05) is 13.0 Å². The molecule has 0 unspecified atom stereocenters. The molecule has 0 atom stereocenters. The Labute approximate surface area is 113 Å². The summed E-state index contributed by atoms with van der Waals surface area (Å²) in [4.78, 5) is 2.17. The molecule has 1 aliphatic rings. The van der Waals surface area contributed by atoms with Gasteiger partial charge >= 0.3 is 0 Å². The molecular formula is C15H21F2NO. The van der Waals surface area contributed by atoms with Gasteiger partial charge in [0.2, 0.25) is 0 Å². The number of halogens is 2. The SMILES string of the molecule is CCC1(CO)CCN(Cc2ccc(F)cc2F)CC1. The van der Waals surface area contributed by atoms with E-state index in [4.69, 9.17) is 0 Å². The van der Waals surface area contributed by atoms with Crippen molar-refractivity contribution < 1.29 is 13.9 Å². The van der Waals surface area contributed by atoms with E-state index >= 15 is 0 Å². The molecule has 4 heteroatoms. The van der Waals surface area contributed by atoms with Crippen molar-refractivity contribution in [2.24, 2.45) is 5.41 Å². The number of aliphatic hydroxyl groups is 1. The Morgan fingerprint density at radius 2 is 1.95 bits per heavy atom. The fraction of sp³-hybridized carbons (Fsp3) is 0.600. The molecule has 0 aromatic heterocycles. The molecule has 1 aliphatic heterocycles. The molecule has 106 valence electrons. The molecule has 1 heterocycles. The Morgan fingerprint density at radius 3 is 2.47 bits per heavy atom.